The number of esters is 1. The second-order valence-electron chi connectivity index (χ2n) is 5.36. The third kappa shape index (κ3) is 3.34. The Hall–Kier alpha value is -2.18. The number of carbonyl (C=O) groups excluding carboxylic acids is 1. The van der Waals surface area contributed by atoms with Crippen LogP contribution in [0, 0.1) is 0 Å². The van der Waals surface area contributed by atoms with E-state index in [4.69, 9.17) is 17.0 Å². The second-order valence-corrected chi connectivity index (χ2v) is 6.88. The van der Waals surface area contributed by atoms with E-state index in [0.29, 0.717) is 17.3 Å². The molecule has 0 bridgehead atoms. The summed E-state index contributed by atoms with van der Waals surface area (Å²) in [5.41, 5.74) is 2.47. The molecule has 2 N–H and O–H groups in total. The number of allylic oxidation sites excluding steroid dienone is 1. The van der Waals surface area contributed by atoms with Crippen LogP contribution in [0.2, 0.25) is 0 Å². The molecule has 0 saturated heterocycles. The van der Waals surface area contributed by atoms with Crippen molar-refractivity contribution in [3.05, 3.63) is 58.6 Å². The number of rotatable bonds is 4. The SMILES string of the molecule is CCOC(=O)C1=C(C)NC(=S)NC1c1ccc(-c2ccccc2)s1. The summed E-state index contributed by atoms with van der Waals surface area (Å²) >= 11 is 6.90. The van der Waals surface area contributed by atoms with Crippen LogP contribution >= 0.6 is 23.6 Å². The summed E-state index contributed by atoms with van der Waals surface area (Å²) in [6.07, 6.45) is 0. The smallest absolute Gasteiger partial charge is 0.338 e. The first-order chi connectivity index (χ1) is 11.6. The molecule has 24 heavy (non-hydrogen) atoms. The fourth-order valence-corrected chi connectivity index (χ4v) is 4.00. The molecule has 6 heteroatoms. The van der Waals surface area contributed by atoms with Crippen LogP contribution < -0.4 is 10.6 Å². The molecule has 2 heterocycles. The first kappa shape index (κ1) is 16.7. The van der Waals surface area contributed by atoms with Gasteiger partial charge in [-0.2, -0.15) is 0 Å². The highest BCUT2D eigenvalue weighted by molar-refractivity contribution is 7.80. The van der Waals surface area contributed by atoms with Crippen LogP contribution in [-0.4, -0.2) is 17.7 Å². The van der Waals surface area contributed by atoms with Crippen molar-refractivity contribution in [1.29, 1.82) is 0 Å². The number of thiophene rings is 1. The molecule has 124 valence electrons. The Morgan fingerprint density at radius 3 is 2.71 bits per heavy atom. The van der Waals surface area contributed by atoms with Gasteiger partial charge in [0.15, 0.2) is 5.11 Å². The van der Waals surface area contributed by atoms with E-state index >= 15 is 0 Å². The highest BCUT2D eigenvalue weighted by Gasteiger charge is 2.31. The van der Waals surface area contributed by atoms with Crippen molar-refractivity contribution in [2.24, 2.45) is 0 Å². The van der Waals surface area contributed by atoms with Crippen molar-refractivity contribution in [3.63, 3.8) is 0 Å². The summed E-state index contributed by atoms with van der Waals surface area (Å²) in [6.45, 7) is 3.99. The van der Waals surface area contributed by atoms with Gasteiger partial charge in [-0.1, -0.05) is 30.3 Å². The van der Waals surface area contributed by atoms with Crippen molar-refractivity contribution in [2.75, 3.05) is 6.61 Å². The normalized spacial score (nSPS) is 17.2. The number of ether oxygens (including phenoxy) is 1. The molecule has 0 fully saturated rings. The highest BCUT2D eigenvalue weighted by atomic mass is 32.1. The molecule has 1 aromatic heterocycles. The molecular formula is C18H18N2O2S2. The van der Waals surface area contributed by atoms with Crippen LogP contribution in [0.4, 0.5) is 0 Å². The predicted octanol–water partition coefficient (Wildman–Crippen LogP) is 3.77. The monoisotopic (exact) mass is 358 g/mol. The lowest BCUT2D eigenvalue weighted by Crippen LogP contribution is -2.44. The average Bonchev–Trinajstić information content (AvgIpc) is 3.05. The quantitative estimate of drug-likeness (QED) is 0.644. The van der Waals surface area contributed by atoms with Crippen LogP contribution in [0.5, 0.6) is 0 Å². The van der Waals surface area contributed by atoms with Gasteiger partial charge < -0.3 is 15.4 Å². The van der Waals surface area contributed by atoms with Crippen LogP contribution in [0.1, 0.15) is 24.8 Å². The summed E-state index contributed by atoms with van der Waals surface area (Å²) in [6, 6.07) is 14.0. The molecule has 1 aromatic carbocycles. The number of hydrogen-bond donors (Lipinski definition) is 2. The van der Waals surface area contributed by atoms with Gasteiger partial charge in [0.25, 0.3) is 0 Å². The minimum atomic E-state index is -0.322. The van der Waals surface area contributed by atoms with Gasteiger partial charge in [-0.3, -0.25) is 0 Å². The summed E-state index contributed by atoms with van der Waals surface area (Å²) in [5, 5.41) is 6.71. The Morgan fingerprint density at radius 1 is 1.25 bits per heavy atom. The maximum atomic E-state index is 12.4. The second kappa shape index (κ2) is 7.15. The number of nitrogens with one attached hydrogen (secondary N) is 2. The predicted molar refractivity (Wildman–Crippen MR) is 101 cm³/mol. The zero-order chi connectivity index (χ0) is 17.1. The standard InChI is InChI=1S/C18H18N2O2S2/c1-3-22-17(21)15-11(2)19-18(23)20-16(15)14-10-9-13(24-14)12-7-5-4-6-8-12/h4-10,16H,3H2,1-2H3,(H2,19,20,23). The summed E-state index contributed by atoms with van der Waals surface area (Å²) in [5.74, 6) is -0.322. The molecule has 0 saturated carbocycles. The first-order valence-electron chi connectivity index (χ1n) is 7.70. The van der Waals surface area contributed by atoms with E-state index in [1.54, 1.807) is 18.3 Å². The summed E-state index contributed by atoms with van der Waals surface area (Å²) in [7, 11) is 0. The summed E-state index contributed by atoms with van der Waals surface area (Å²) in [4.78, 5) is 14.6. The van der Waals surface area contributed by atoms with E-state index in [-0.39, 0.29) is 12.0 Å². The lowest BCUT2D eigenvalue weighted by atomic mass is 10.0. The van der Waals surface area contributed by atoms with E-state index < -0.39 is 0 Å². The molecule has 1 unspecified atom stereocenters. The molecule has 4 nitrogen and oxygen atoms in total. The third-order valence-corrected chi connectivity index (χ3v) is 5.15. The Labute approximate surface area is 150 Å². The van der Waals surface area contributed by atoms with E-state index in [2.05, 4.69) is 28.8 Å². The molecule has 1 aliphatic heterocycles. The highest BCUT2D eigenvalue weighted by Crippen LogP contribution is 2.36. The molecule has 0 radical (unpaired) electrons. The minimum Gasteiger partial charge on any atom is -0.463 e. The number of carbonyl (C=O) groups is 1. The number of hydrogen-bond acceptors (Lipinski definition) is 4. The van der Waals surface area contributed by atoms with Gasteiger partial charge >= 0.3 is 5.97 Å². The van der Waals surface area contributed by atoms with E-state index in [1.807, 2.05) is 31.2 Å². The maximum absolute atomic E-state index is 12.4. The van der Waals surface area contributed by atoms with Gasteiger partial charge in [0.1, 0.15) is 0 Å². The molecule has 0 amide bonds. The Balaban J connectivity index is 1.97. The maximum Gasteiger partial charge on any atom is 0.338 e. The van der Waals surface area contributed by atoms with Crippen LogP contribution in [-0.2, 0) is 9.53 Å². The Kier molecular flexibility index (Phi) is 4.97. The number of benzene rings is 1. The van der Waals surface area contributed by atoms with Crippen molar-refractivity contribution >= 4 is 34.6 Å². The molecule has 0 aliphatic carbocycles. The van der Waals surface area contributed by atoms with Crippen molar-refractivity contribution in [1.82, 2.24) is 10.6 Å². The van der Waals surface area contributed by atoms with Gasteiger partial charge in [-0.25, -0.2) is 4.79 Å². The summed E-state index contributed by atoms with van der Waals surface area (Å²) < 4.78 is 5.21. The Bertz CT molecular complexity index is 796. The topological polar surface area (TPSA) is 50.4 Å². The van der Waals surface area contributed by atoms with Crippen LogP contribution in [0.25, 0.3) is 10.4 Å². The number of thiocarbonyl (C=S) groups is 1. The molecular weight excluding hydrogens is 340 g/mol. The van der Waals surface area contributed by atoms with Crippen molar-refractivity contribution in [3.8, 4) is 10.4 Å². The van der Waals surface area contributed by atoms with Gasteiger partial charge in [-0.05, 0) is 43.8 Å². The lowest BCUT2D eigenvalue weighted by Gasteiger charge is -2.28. The minimum absolute atomic E-state index is 0.291. The van der Waals surface area contributed by atoms with E-state index in [1.165, 1.54) is 0 Å². The molecule has 1 aliphatic rings. The van der Waals surface area contributed by atoms with E-state index in [0.717, 1.165) is 21.0 Å². The third-order valence-electron chi connectivity index (χ3n) is 3.73. The lowest BCUT2D eigenvalue weighted by molar-refractivity contribution is -0.139. The fraction of sp³-hybridized carbons (Fsp3) is 0.222. The molecule has 1 atom stereocenters. The van der Waals surface area contributed by atoms with Gasteiger partial charge in [-0.15, -0.1) is 11.3 Å². The van der Waals surface area contributed by atoms with Gasteiger partial charge in [0.2, 0.25) is 0 Å². The van der Waals surface area contributed by atoms with Gasteiger partial charge in [0, 0.05) is 15.5 Å². The van der Waals surface area contributed by atoms with Crippen LogP contribution in [0.3, 0.4) is 0 Å². The van der Waals surface area contributed by atoms with E-state index in [9.17, 15) is 4.79 Å². The zero-order valence-electron chi connectivity index (χ0n) is 13.5. The Morgan fingerprint density at radius 2 is 2.00 bits per heavy atom. The molecule has 3 rings (SSSR count). The van der Waals surface area contributed by atoms with Crippen molar-refractivity contribution < 1.29 is 9.53 Å². The van der Waals surface area contributed by atoms with Crippen molar-refractivity contribution in [2.45, 2.75) is 19.9 Å². The zero-order valence-corrected chi connectivity index (χ0v) is 15.1. The average molecular weight is 358 g/mol. The molecule has 0 spiro atoms. The fourth-order valence-electron chi connectivity index (χ4n) is 2.65. The van der Waals surface area contributed by atoms with Crippen LogP contribution in [0.15, 0.2) is 53.7 Å². The van der Waals surface area contributed by atoms with Gasteiger partial charge in [0.05, 0.1) is 18.2 Å². The first-order valence-corrected chi connectivity index (χ1v) is 8.93. The molecule has 2 aromatic rings. The largest absolute Gasteiger partial charge is 0.463 e.